The molecular formula is C24H34N2O2. The summed E-state index contributed by atoms with van der Waals surface area (Å²) < 4.78 is 5.89. The summed E-state index contributed by atoms with van der Waals surface area (Å²) in [5.41, 5.74) is 2.05. The molecule has 4 heteroatoms. The molecule has 1 fully saturated rings. The molecule has 2 aromatic carbocycles. The van der Waals surface area contributed by atoms with E-state index in [1.54, 1.807) is 0 Å². The minimum absolute atomic E-state index is 0.547. The molecule has 28 heavy (non-hydrogen) atoms. The van der Waals surface area contributed by atoms with E-state index in [-0.39, 0.29) is 0 Å². The van der Waals surface area contributed by atoms with E-state index in [9.17, 15) is 5.11 Å². The lowest BCUT2D eigenvalue weighted by molar-refractivity contribution is 0.00258. The third kappa shape index (κ3) is 6.62. The van der Waals surface area contributed by atoms with Gasteiger partial charge in [0.1, 0.15) is 5.75 Å². The summed E-state index contributed by atoms with van der Waals surface area (Å²) >= 11 is 0. The molecule has 4 nitrogen and oxygen atoms in total. The Bertz CT molecular complexity index is 702. The number of benzene rings is 2. The van der Waals surface area contributed by atoms with E-state index in [2.05, 4.69) is 58.3 Å². The van der Waals surface area contributed by atoms with Crippen LogP contribution in [0, 0.1) is 0 Å². The highest BCUT2D eigenvalue weighted by Crippen LogP contribution is 2.24. The van der Waals surface area contributed by atoms with Gasteiger partial charge >= 0.3 is 0 Å². The largest absolute Gasteiger partial charge is 0.493 e. The zero-order valence-electron chi connectivity index (χ0n) is 17.3. The Morgan fingerprint density at radius 1 is 0.964 bits per heavy atom. The van der Waals surface area contributed by atoms with Crippen LogP contribution in [0.1, 0.15) is 30.4 Å². The predicted octanol–water partition coefficient (Wildman–Crippen LogP) is 3.59. The van der Waals surface area contributed by atoms with Crippen molar-refractivity contribution in [2.24, 2.45) is 0 Å². The number of ether oxygens (including phenoxy) is 1. The van der Waals surface area contributed by atoms with Crippen molar-refractivity contribution < 1.29 is 9.84 Å². The maximum atomic E-state index is 10.8. The van der Waals surface area contributed by atoms with E-state index < -0.39 is 5.60 Å². The summed E-state index contributed by atoms with van der Waals surface area (Å²) in [5, 5.41) is 10.8. The van der Waals surface area contributed by atoms with E-state index in [0.29, 0.717) is 6.61 Å². The van der Waals surface area contributed by atoms with Gasteiger partial charge in [-0.15, -0.1) is 0 Å². The van der Waals surface area contributed by atoms with Crippen molar-refractivity contribution in [2.75, 3.05) is 40.3 Å². The predicted molar refractivity (Wildman–Crippen MR) is 115 cm³/mol. The number of nitrogens with zero attached hydrogens (tertiary/aromatic N) is 2. The van der Waals surface area contributed by atoms with E-state index in [4.69, 9.17) is 4.74 Å². The normalized spacial score (nSPS) is 20.9. The summed E-state index contributed by atoms with van der Waals surface area (Å²) in [7, 11) is 4.06. The van der Waals surface area contributed by atoms with Crippen LogP contribution in [0.3, 0.4) is 0 Å². The molecule has 1 N–H and O–H groups in total. The highest BCUT2D eigenvalue weighted by molar-refractivity contribution is 5.27. The second-order valence-electron chi connectivity index (χ2n) is 8.32. The number of likely N-dealkylation sites (N-methyl/N-ethyl adjacent to an activating group) is 1. The van der Waals surface area contributed by atoms with Gasteiger partial charge < -0.3 is 14.7 Å². The molecule has 0 saturated carbocycles. The summed E-state index contributed by atoms with van der Waals surface area (Å²) in [4.78, 5) is 4.55. The second-order valence-corrected chi connectivity index (χ2v) is 8.32. The number of hydrogen-bond acceptors (Lipinski definition) is 4. The van der Waals surface area contributed by atoms with Crippen LogP contribution in [0.4, 0.5) is 0 Å². The van der Waals surface area contributed by atoms with E-state index in [1.807, 2.05) is 20.2 Å². The monoisotopic (exact) mass is 382 g/mol. The van der Waals surface area contributed by atoms with Crippen LogP contribution >= 0.6 is 0 Å². The third-order valence-corrected chi connectivity index (χ3v) is 5.45. The molecule has 2 aromatic rings. The first-order valence-electron chi connectivity index (χ1n) is 10.4. The first kappa shape index (κ1) is 20.8. The molecule has 0 bridgehead atoms. The van der Waals surface area contributed by atoms with Crippen molar-refractivity contribution >= 4 is 0 Å². The van der Waals surface area contributed by atoms with E-state index in [0.717, 1.165) is 57.6 Å². The van der Waals surface area contributed by atoms with Gasteiger partial charge in [-0.05, 0) is 63.2 Å². The molecule has 152 valence electrons. The van der Waals surface area contributed by atoms with Crippen LogP contribution in [0.25, 0.3) is 0 Å². The van der Waals surface area contributed by atoms with E-state index >= 15 is 0 Å². The molecule has 0 aliphatic carbocycles. The Morgan fingerprint density at radius 3 is 2.43 bits per heavy atom. The lowest BCUT2D eigenvalue weighted by Gasteiger charge is -2.30. The quantitative estimate of drug-likeness (QED) is 0.757. The fourth-order valence-corrected chi connectivity index (χ4v) is 4.02. The zero-order valence-corrected chi connectivity index (χ0v) is 17.3. The molecule has 3 rings (SSSR count). The lowest BCUT2D eigenvalue weighted by Crippen LogP contribution is -2.40. The number of aliphatic hydroxyl groups is 1. The maximum Gasteiger partial charge on any atom is 0.119 e. The lowest BCUT2D eigenvalue weighted by atomic mass is 9.94. The minimum atomic E-state index is -0.547. The Balaban J connectivity index is 1.45. The van der Waals surface area contributed by atoms with Gasteiger partial charge in [0.05, 0.1) is 12.2 Å². The van der Waals surface area contributed by atoms with E-state index in [1.165, 1.54) is 11.1 Å². The molecule has 1 heterocycles. The molecule has 1 unspecified atom stereocenters. The summed E-state index contributed by atoms with van der Waals surface area (Å²) in [6, 6.07) is 18.9. The maximum absolute atomic E-state index is 10.8. The molecule has 0 aromatic heterocycles. The van der Waals surface area contributed by atoms with Crippen molar-refractivity contribution in [1.29, 1.82) is 0 Å². The molecule has 1 aliphatic rings. The first-order chi connectivity index (χ1) is 13.5. The SMILES string of the molecule is CN(C)CC1(O)CCCN(Cc2ccc(OCCc3ccccc3)cc2)CC1. The van der Waals surface area contributed by atoms with Gasteiger partial charge in [0.25, 0.3) is 0 Å². The Hall–Kier alpha value is -1.88. The third-order valence-electron chi connectivity index (χ3n) is 5.45. The average molecular weight is 383 g/mol. The highest BCUT2D eigenvalue weighted by Gasteiger charge is 2.30. The molecular weight excluding hydrogens is 348 g/mol. The number of likely N-dealkylation sites (tertiary alicyclic amines) is 1. The fraction of sp³-hybridized carbons (Fsp3) is 0.500. The standard InChI is InChI=1S/C24H34N2O2/c1-25(2)20-24(27)14-6-16-26(17-15-24)19-22-9-11-23(12-10-22)28-18-13-21-7-4-3-5-8-21/h3-5,7-12,27H,6,13-20H2,1-2H3. The molecule has 1 saturated heterocycles. The van der Waals surface area contributed by atoms with Gasteiger partial charge in [0.15, 0.2) is 0 Å². The number of rotatable bonds is 8. The van der Waals surface area contributed by atoms with Crippen LogP contribution in [0.15, 0.2) is 54.6 Å². The van der Waals surface area contributed by atoms with Crippen LogP contribution in [0.5, 0.6) is 5.75 Å². The second kappa shape index (κ2) is 10.1. The summed E-state index contributed by atoms with van der Waals surface area (Å²) in [6.07, 6.45) is 3.69. The van der Waals surface area contributed by atoms with Crippen LogP contribution in [-0.2, 0) is 13.0 Å². The fourth-order valence-electron chi connectivity index (χ4n) is 4.02. The topological polar surface area (TPSA) is 35.9 Å². The Labute approximate surface area is 169 Å². The van der Waals surface area contributed by atoms with Gasteiger partial charge in [0.2, 0.25) is 0 Å². The minimum Gasteiger partial charge on any atom is -0.493 e. The number of hydrogen-bond donors (Lipinski definition) is 1. The van der Waals surface area contributed by atoms with Crippen LogP contribution in [-0.4, -0.2) is 60.8 Å². The molecule has 0 amide bonds. The first-order valence-corrected chi connectivity index (χ1v) is 10.4. The summed E-state index contributed by atoms with van der Waals surface area (Å²) in [5.74, 6) is 0.927. The van der Waals surface area contributed by atoms with Gasteiger partial charge in [-0.25, -0.2) is 0 Å². The molecule has 1 atom stereocenters. The van der Waals surface area contributed by atoms with Gasteiger partial charge in [-0.2, -0.15) is 0 Å². The molecule has 0 radical (unpaired) electrons. The van der Waals surface area contributed by atoms with Gasteiger partial charge in [-0.3, -0.25) is 4.90 Å². The van der Waals surface area contributed by atoms with Gasteiger partial charge in [-0.1, -0.05) is 42.5 Å². The molecule has 0 spiro atoms. The van der Waals surface area contributed by atoms with Crippen molar-refractivity contribution in [1.82, 2.24) is 9.80 Å². The van der Waals surface area contributed by atoms with Gasteiger partial charge in [0, 0.05) is 26.1 Å². The van der Waals surface area contributed by atoms with Crippen LogP contribution < -0.4 is 4.74 Å². The highest BCUT2D eigenvalue weighted by atomic mass is 16.5. The smallest absolute Gasteiger partial charge is 0.119 e. The average Bonchev–Trinajstić information content (AvgIpc) is 2.85. The summed E-state index contributed by atoms with van der Waals surface area (Å²) in [6.45, 7) is 4.36. The van der Waals surface area contributed by atoms with Crippen molar-refractivity contribution in [3.63, 3.8) is 0 Å². The van der Waals surface area contributed by atoms with Crippen molar-refractivity contribution in [2.45, 2.75) is 37.8 Å². The van der Waals surface area contributed by atoms with Crippen molar-refractivity contribution in [3.8, 4) is 5.75 Å². The molecule has 1 aliphatic heterocycles. The van der Waals surface area contributed by atoms with Crippen molar-refractivity contribution in [3.05, 3.63) is 65.7 Å². The Kier molecular flexibility index (Phi) is 7.49. The zero-order chi connectivity index (χ0) is 19.8. The Morgan fingerprint density at radius 2 is 1.71 bits per heavy atom. The van der Waals surface area contributed by atoms with Crippen LogP contribution in [0.2, 0.25) is 0 Å².